The van der Waals surface area contributed by atoms with Gasteiger partial charge in [0.25, 0.3) is 0 Å². The number of aromatic nitrogens is 1. The van der Waals surface area contributed by atoms with Gasteiger partial charge in [0.15, 0.2) is 0 Å². The van der Waals surface area contributed by atoms with Crippen LogP contribution in [0, 0.1) is 12.3 Å². The van der Waals surface area contributed by atoms with Crippen LogP contribution in [0.2, 0.25) is 0 Å². The molecule has 116 valence electrons. The van der Waals surface area contributed by atoms with E-state index in [2.05, 4.69) is 41.9 Å². The molecule has 1 aliphatic rings. The summed E-state index contributed by atoms with van der Waals surface area (Å²) in [4.78, 5) is 7.04. The zero-order valence-corrected chi connectivity index (χ0v) is 13.6. The van der Waals surface area contributed by atoms with Crippen LogP contribution in [0.4, 0.5) is 0 Å². The Morgan fingerprint density at radius 3 is 2.90 bits per heavy atom. The van der Waals surface area contributed by atoms with Crippen LogP contribution in [0.5, 0.6) is 0 Å². The minimum absolute atomic E-state index is 0.0271. The van der Waals surface area contributed by atoms with Gasteiger partial charge < -0.3 is 5.11 Å². The van der Waals surface area contributed by atoms with Crippen molar-refractivity contribution in [2.75, 3.05) is 19.7 Å². The Labute approximate surface area is 128 Å². The van der Waals surface area contributed by atoms with Crippen molar-refractivity contribution in [1.29, 1.82) is 0 Å². The highest BCUT2D eigenvalue weighted by Gasteiger charge is 2.34. The molecule has 3 heteroatoms. The predicted molar refractivity (Wildman–Crippen MR) is 87.1 cm³/mol. The van der Waals surface area contributed by atoms with Crippen LogP contribution in [0.15, 0.2) is 29.8 Å². The van der Waals surface area contributed by atoms with Gasteiger partial charge in [0.2, 0.25) is 0 Å². The summed E-state index contributed by atoms with van der Waals surface area (Å²) < 4.78 is 0. The number of allylic oxidation sites excluding steroid dienone is 2. The van der Waals surface area contributed by atoms with Crippen molar-refractivity contribution in [3.05, 3.63) is 41.2 Å². The van der Waals surface area contributed by atoms with Crippen LogP contribution in [0.1, 0.15) is 44.5 Å². The fourth-order valence-electron chi connectivity index (χ4n) is 3.14. The summed E-state index contributed by atoms with van der Waals surface area (Å²) in [5.41, 5.74) is 3.56. The zero-order valence-electron chi connectivity index (χ0n) is 13.6. The first kappa shape index (κ1) is 16.2. The predicted octanol–water partition coefficient (Wildman–Crippen LogP) is 3.32. The Hall–Kier alpha value is -1.19. The van der Waals surface area contributed by atoms with Gasteiger partial charge in [0.1, 0.15) is 0 Å². The molecule has 2 rings (SSSR count). The molecule has 1 unspecified atom stereocenters. The second kappa shape index (κ2) is 7.19. The number of likely N-dealkylation sites (tertiary alicyclic amines) is 1. The number of rotatable bonds is 5. The smallest absolute Gasteiger partial charge is 0.0547 e. The number of piperidine rings is 1. The third-order valence-electron chi connectivity index (χ3n) is 4.35. The molecule has 2 heterocycles. The molecule has 1 fully saturated rings. The summed E-state index contributed by atoms with van der Waals surface area (Å²) in [6, 6.07) is 6.20. The third kappa shape index (κ3) is 4.65. The van der Waals surface area contributed by atoms with E-state index in [0.29, 0.717) is 0 Å². The first-order valence-electron chi connectivity index (χ1n) is 7.92. The van der Waals surface area contributed by atoms with E-state index in [0.717, 1.165) is 50.3 Å². The van der Waals surface area contributed by atoms with Gasteiger partial charge >= 0.3 is 0 Å². The molecule has 0 spiro atoms. The molecule has 3 nitrogen and oxygen atoms in total. The standard InChI is InChI=1S/C18H28N2O/c1-15(2)8-10-18(14-21)9-5-11-20(13-18)12-17-7-4-6-16(3)19-17/h4,6-8,21H,5,9-14H2,1-3H3. The molecule has 21 heavy (non-hydrogen) atoms. The highest BCUT2D eigenvalue weighted by atomic mass is 16.3. The van der Waals surface area contributed by atoms with Gasteiger partial charge in [-0.05, 0) is 58.7 Å². The van der Waals surface area contributed by atoms with Gasteiger partial charge in [-0.2, -0.15) is 0 Å². The van der Waals surface area contributed by atoms with E-state index in [4.69, 9.17) is 0 Å². The maximum atomic E-state index is 9.91. The van der Waals surface area contributed by atoms with Crippen LogP contribution in [0.3, 0.4) is 0 Å². The summed E-state index contributed by atoms with van der Waals surface area (Å²) in [6.45, 7) is 9.51. The largest absolute Gasteiger partial charge is 0.396 e. The van der Waals surface area contributed by atoms with E-state index >= 15 is 0 Å². The van der Waals surface area contributed by atoms with E-state index in [1.807, 2.05) is 13.0 Å². The molecule has 1 aromatic heterocycles. The topological polar surface area (TPSA) is 36.4 Å². The van der Waals surface area contributed by atoms with Crippen molar-refractivity contribution < 1.29 is 5.11 Å². The highest BCUT2D eigenvalue weighted by Crippen LogP contribution is 2.34. The van der Waals surface area contributed by atoms with Crippen molar-refractivity contribution in [3.63, 3.8) is 0 Å². The van der Waals surface area contributed by atoms with Gasteiger partial charge in [0.05, 0.1) is 12.3 Å². The lowest BCUT2D eigenvalue weighted by Gasteiger charge is -2.41. The molecule has 0 saturated carbocycles. The maximum absolute atomic E-state index is 9.91. The van der Waals surface area contributed by atoms with E-state index in [1.54, 1.807) is 0 Å². The molecule has 0 aromatic carbocycles. The minimum Gasteiger partial charge on any atom is -0.396 e. The van der Waals surface area contributed by atoms with E-state index < -0.39 is 0 Å². The van der Waals surface area contributed by atoms with Crippen LogP contribution >= 0.6 is 0 Å². The second-order valence-electron chi connectivity index (χ2n) is 6.73. The molecule has 0 amide bonds. The van der Waals surface area contributed by atoms with Gasteiger partial charge in [-0.25, -0.2) is 0 Å². The number of hydrogen-bond donors (Lipinski definition) is 1. The van der Waals surface area contributed by atoms with Gasteiger partial charge in [-0.3, -0.25) is 9.88 Å². The lowest BCUT2D eigenvalue weighted by Crippen LogP contribution is -2.44. The maximum Gasteiger partial charge on any atom is 0.0547 e. The third-order valence-corrected chi connectivity index (χ3v) is 4.35. The molecule has 0 radical (unpaired) electrons. The fourth-order valence-corrected chi connectivity index (χ4v) is 3.14. The normalized spacial score (nSPS) is 23.0. The first-order valence-corrected chi connectivity index (χ1v) is 7.92. The molecule has 1 saturated heterocycles. The number of hydrogen-bond acceptors (Lipinski definition) is 3. The summed E-state index contributed by atoms with van der Waals surface area (Å²) in [5.74, 6) is 0. The number of aliphatic hydroxyl groups is 1. The van der Waals surface area contributed by atoms with Gasteiger partial charge in [-0.1, -0.05) is 17.7 Å². The van der Waals surface area contributed by atoms with E-state index in [9.17, 15) is 5.11 Å². The molecular weight excluding hydrogens is 260 g/mol. The van der Waals surface area contributed by atoms with Crippen molar-refractivity contribution in [2.45, 2.75) is 46.6 Å². The van der Waals surface area contributed by atoms with E-state index in [-0.39, 0.29) is 12.0 Å². The summed E-state index contributed by atoms with van der Waals surface area (Å²) in [6.07, 6.45) is 5.52. The quantitative estimate of drug-likeness (QED) is 0.844. The monoisotopic (exact) mass is 288 g/mol. The van der Waals surface area contributed by atoms with Crippen LogP contribution in [-0.2, 0) is 6.54 Å². The molecule has 0 bridgehead atoms. The Morgan fingerprint density at radius 2 is 2.24 bits per heavy atom. The Morgan fingerprint density at radius 1 is 1.43 bits per heavy atom. The number of pyridine rings is 1. The van der Waals surface area contributed by atoms with Crippen molar-refractivity contribution in [1.82, 2.24) is 9.88 Å². The van der Waals surface area contributed by atoms with Crippen molar-refractivity contribution in [2.24, 2.45) is 5.41 Å². The number of nitrogens with zero attached hydrogens (tertiary/aromatic N) is 2. The van der Waals surface area contributed by atoms with Crippen molar-refractivity contribution >= 4 is 0 Å². The van der Waals surface area contributed by atoms with Gasteiger partial charge in [-0.15, -0.1) is 0 Å². The van der Waals surface area contributed by atoms with E-state index in [1.165, 1.54) is 5.57 Å². The summed E-state index contributed by atoms with van der Waals surface area (Å²) in [5, 5.41) is 9.91. The van der Waals surface area contributed by atoms with Crippen LogP contribution < -0.4 is 0 Å². The molecule has 1 N–H and O–H groups in total. The van der Waals surface area contributed by atoms with Crippen molar-refractivity contribution in [3.8, 4) is 0 Å². The molecule has 0 aliphatic carbocycles. The molecule has 1 aliphatic heterocycles. The number of aryl methyl sites for hydroxylation is 1. The fraction of sp³-hybridized carbons (Fsp3) is 0.611. The Bertz CT molecular complexity index is 494. The molecule has 1 aromatic rings. The lowest BCUT2D eigenvalue weighted by atomic mass is 9.77. The van der Waals surface area contributed by atoms with Gasteiger partial charge in [0, 0.05) is 24.2 Å². The average molecular weight is 288 g/mol. The summed E-state index contributed by atoms with van der Waals surface area (Å²) in [7, 11) is 0. The highest BCUT2D eigenvalue weighted by molar-refractivity contribution is 5.10. The number of aliphatic hydroxyl groups excluding tert-OH is 1. The van der Waals surface area contributed by atoms with Crippen LogP contribution in [0.25, 0.3) is 0 Å². The average Bonchev–Trinajstić information content (AvgIpc) is 2.45. The Balaban J connectivity index is 2.03. The zero-order chi connectivity index (χ0) is 15.3. The Kier molecular flexibility index (Phi) is 5.54. The van der Waals surface area contributed by atoms with Crippen LogP contribution in [-0.4, -0.2) is 34.7 Å². The first-order chi connectivity index (χ1) is 10.0. The molecule has 1 atom stereocenters. The molecular formula is C18H28N2O. The minimum atomic E-state index is 0.0271. The SMILES string of the molecule is CC(C)=CCC1(CO)CCCN(Cc2cccc(C)n2)C1. The second-order valence-corrected chi connectivity index (χ2v) is 6.73. The lowest BCUT2D eigenvalue weighted by molar-refractivity contribution is 0.0302. The summed E-state index contributed by atoms with van der Waals surface area (Å²) >= 11 is 0.